The van der Waals surface area contributed by atoms with Crippen LogP contribution in [0, 0.1) is 6.92 Å². The molecule has 0 atom stereocenters. The van der Waals surface area contributed by atoms with Gasteiger partial charge >= 0.3 is 0 Å². The number of ether oxygens (including phenoxy) is 2. The Kier molecular flexibility index (Phi) is 10.6. The van der Waals surface area contributed by atoms with Crippen LogP contribution in [0.2, 0.25) is 0 Å². The number of hydrogen-bond acceptors (Lipinski definition) is 3. The molecule has 0 fully saturated rings. The van der Waals surface area contributed by atoms with Crippen LogP contribution in [0.25, 0.3) is 0 Å². The summed E-state index contributed by atoms with van der Waals surface area (Å²) in [5, 5.41) is 6.69. The molecule has 0 spiro atoms. The van der Waals surface area contributed by atoms with E-state index < -0.39 is 0 Å². The first-order valence-electron chi connectivity index (χ1n) is 8.87. The van der Waals surface area contributed by atoms with Gasteiger partial charge in [-0.2, -0.15) is 0 Å². The van der Waals surface area contributed by atoms with Gasteiger partial charge in [0.05, 0.1) is 14.2 Å². The van der Waals surface area contributed by atoms with Gasteiger partial charge in [0, 0.05) is 25.7 Å². The van der Waals surface area contributed by atoms with Crippen LogP contribution < -0.4 is 20.1 Å². The lowest BCUT2D eigenvalue weighted by Gasteiger charge is -2.14. The molecule has 0 amide bonds. The molecule has 2 N–H and O–H groups in total. The van der Waals surface area contributed by atoms with Crippen molar-refractivity contribution in [1.82, 2.24) is 10.6 Å². The Balaban J connectivity index is 0.00000364. The summed E-state index contributed by atoms with van der Waals surface area (Å²) in [7, 11) is 5.17. The van der Waals surface area contributed by atoms with Gasteiger partial charge in [0.15, 0.2) is 5.96 Å². The van der Waals surface area contributed by atoms with Crippen LogP contribution in [-0.2, 0) is 13.0 Å². The molecule has 2 rings (SSSR count). The summed E-state index contributed by atoms with van der Waals surface area (Å²) in [5.74, 6) is 2.58. The molecule has 0 heterocycles. The van der Waals surface area contributed by atoms with Crippen molar-refractivity contribution in [3.05, 3.63) is 59.2 Å². The first-order chi connectivity index (χ1) is 12.7. The Bertz CT molecular complexity index is 718. The van der Waals surface area contributed by atoms with Gasteiger partial charge in [0.25, 0.3) is 0 Å². The Labute approximate surface area is 179 Å². The van der Waals surface area contributed by atoms with Crippen LogP contribution in [0.5, 0.6) is 11.5 Å². The zero-order chi connectivity index (χ0) is 18.8. The number of methoxy groups -OCH3 is 2. The molecule has 0 aliphatic rings. The minimum atomic E-state index is 0. The number of guanidine groups is 1. The molecule has 148 valence electrons. The van der Waals surface area contributed by atoms with Gasteiger partial charge in [0.2, 0.25) is 0 Å². The number of hydrogen-bond donors (Lipinski definition) is 2. The predicted octanol–water partition coefficient (Wildman–Crippen LogP) is 3.93. The number of nitrogens with one attached hydrogen (secondary N) is 2. The first kappa shape index (κ1) is 23.1. The van der Waals surface area contributed by atoms with E-state index in [1.165, 1.54) is 11.1 Å². The third-order valence-corrected chi connectivity index (χ3v) is 4.21. The Morgan fingerprint density at radius 3 is 2.37 bits per heavy atom. The minimum Gasteiger partial charge on any atom is -0.497 e. The SMILES string of the molecule is CN=C(NCCCc1ccc(OC)cc1)NCc1ccc(C)cc1OC.I. The summed E-state index contributed by atoms with van der Waals surface area (Å²) in [5.41, 5.74) is 3.60. The topological polar surface area (TPSA) is 54.9 Å². The van der Waals surface area contributed by atoms with Crippen molar-refractivity contribution < 1.29 is 9.47 Å². The van der Waals surface area contributed by atoms with Crippen LogP contribution in [0.4, 0.5) is 0 Å². The number of aryl methyl sites for hydroxylation is 2. The van der Waals surface area contributed by atoms with E-state index in [1.54, 1.807) is 21.3 Å². The third-order valence-electron chi connectivity index (χ3n) is 4.21. The fraction of sp³-hybridized carbons (Fsp3) is 0.381. The van der Waals surface area contributed by atoms with Crippen LogP contribution in [0.3, 0.4) is 0 Å². The Morgan fingerprint density at radius 1 is 1.00 bits per heavy atom. The Morgan fingerprint density at radius 2 is 1.74 bits per heavy atom. The number of rotatable bonds is 8. The van der Waals surface area contributed by atoms with Crippen molar-refractivity contribution >= 4 is 29.9 Å². The number of benzene rings is 2. The van der Waals surface area contributed by atoms with Gasteiger partial charge in [0.1, 0.15) is 11.5 Å². The van der Waals surface area contributed by atoms with Crippen molar-refractivity contribution in [2.24, 2.45) is 4.99 Å². The maximum absolute atomic E-state index is 5.45. The normalized spacial score (nSPS) is 10.7. The molecule has 0 aliphatic carbocycles. The van der Waals surface area contributed by atoms with Gasteiger partial charge in [-0.3, -0.25) is 4.99 Å². The molecule has 2 aromatic rings. The largest absolute Gasteiger partial charge is 0.497 e. The molecule has 0 aromatic heterocycles. The number of aliphatic imine (C=N–C) groups is 1. The van der Waals surface area contributed by atoms with E-state index in [0.29, 0.717) is 6.54 Å². The molecule has 27 heavy (non-hydrogen) atoms. The summed E-state index contributed by atoms with van der Waals surface area (Å²) < 4.78 is 10.6. The number of nitrogens with zero attached hydrogens (tertiary/aromatic N) is 1. The van der Waals surface area contributed by atoms with E-state index in [1.807, 2.05) is 18.2 Å². The lowest BCUT2D eigenvalue weighted by Crippen LogP contribution is -2.37. The zero-order valence-corrected chi connectivity index (χ0v) is 18.9. The first-order valence-corrected chi connectivity index (χ1v) is 8.87. The van der Waals surface area contributed by atoms with Gasteiger partial charge in [-0.1, -0.05) is 24.3 Å². The summed E-state index contributed by atoms with van der Waals surface area (Å²) >= 11 is 0. The van der Waals surface area contributed by atoms with E-state index in [-0.39, 0.29) is 24.0 Å². The highest BCUT2D eigenvalue weighted by Gasteiger charge is 2.04. The molecule has 0 radical (unpaired) electrons. The molecular weight excluding hydrogens is 453 g/mol. The maximum atomic E-state index is 5.45. The van der Waals surface area contributed by atoms with Gasteiger partial charge in [-0.15, -0.1) is 24.0 Å². The van der Waals surface area contributed by atoms with E-state index in [4.69, 9.17) is 9.47 Å². The quantitative estimate of drug-likeness (QED) is 0.259. The second-order valence-corrected chi connectivity index (χ2v) is 6.12. The highest BCUT2D eigenvalue weighted by atomic mass is 127. The fourth-order valence-electron chi connectivity index (χ4n) is 2.69. The summed E-state index contributed by atoms with van der Waals surface area (Å²) in [6.07, 6.45) is 2.04. The Hall–Kier alpha value is -1.96. The molecule has 0 aliphatic heterocycles. The van der Waals surface area contributed by atoms with Crippen LogP contribution in [0.1, 0.15) is 23.1 Å². The highest BCUT2D eigenvalue weighted by Crippen LogP contribution is 2.19. The smallest absolute Gasteiger partial charge is 0.191 e. The van der Waals surface area contributed by atoms with Gasteiger partial charge < -0.3 is 20.1 Å². The highest BCUT2D eigenvalue weighted by molar-refractivity contribution is 14.0. The predicted molar refractivity (Wildman–Crippen MR) is 123 cm³/mol. The van der Waals surface area contributed by atoms with Crippen molar-refractivity contribution in [3.8, 4) is 11.5 Å². The lowest BCUT2D eigenvalue weighted by atomic mass is 10.1. The van der Waals surface area contributed by atoms with E-state index in [2.05, 4.69) is 46.8 Å². The fourth-order valence-corrected chi connectivity index (χ4v) is 2.69. The molecule has 0 bridgehead atoms. The second kappa shape index (κ2) is 12.4. The summed E-state index contributed by atoms with van der Waals surface area (Å²) in [6, 6.07) is 14.4. The maximum Gasteiger partial charge on any atom is 0.191 e. The van der Waals surface area contributed by atoms with Gasteiger partial charge in [-0.05, 0) is 49.1 Å². The molecule has 0 unspecified atom stereocenters. The van der Waals surface area contributed by atoms with E-state index in [0.717, 1.165) is 42.4 Å². The molecule has 0 saturated heterocycles. The van der Waals surface area contributed by atoms with Crippen LogP contribution >= 0.6 is 24.0 Å². The molecule has 5 nitrogen and oxygen atoms in total. The van der Waals surface area contributed by atoms with Crippen molar-refractivity contribution in [3.63, 3.8) is 0 Å². The zero-order valence-electron chi connectivity index (χ0n) is 16.5. The second-order valence-electron chi connectivity index (χ2n) is 6.12. The van der Waals surface area contributed by atoms with Crippen molar-refractivity contribution in [2.45, 2.75) is 26.3 Å². The summed E-state index contributed by atoms with van der Waals surface area (Å²) in [6.45, 7) is 3.58. The summed E-state index contributed by atoms with van der Waals surface area (Å²) in [4.78, 5) is 4.28. The van der Waals surface area contributed by atoms with Crippen LogP contribution in [-0.4, -0.2) is 33.8 Å². The van der Waals surface area contributed by atoms with Crippen LogP contribution in [0.15, 0.2) is 47.5 Å². The number of halogens is 1. The van der Waals surface area contributed by atoms with E-state index >= 15 is 0 Å². The monoisotopic (exact) mass is 483 g/mol. The van der Waals surface area contributed by atoms with Crippen molar-refractivity contribution in [2.75, 3.05) is 27.8 Å². The van der Waals surface area contributed by atoms with Gasteiger partial charge in [-0.25, -0.2) is 0 Å². The average Bonchev–Trinajstić information content (AvgIpc) is 2.68. The minimum absolute atomic E-state index is 0. The van der Waals surface area contributed by atoms with Crippen molar-refractivity contribution in [1.29, 1.82) is 0 Å². The molecule has 6 heteroatoms. The molecular formula is C21H30IN3O2. The third kappa shape index (κ3) is 7.66. The average molecular weight is 483 g/mol. The molecule has 0 saturated carbocycles. The standard InChI is InChI=1S/C21H29N3O2.HI/c1-16-7-10-18(20(14-16)26-4)15-24-21(22-2)23-13-5-6-17-8-11-19(25-3)12-9-17;/h7-12,14H,5-6,13,15H2,1-4H3,(H2,22,23,24);1H. The van der Waals surface area contributed by atoms with E-state index in [9.17, 15) is 0 Å². The lowest BCUT2D eigenvalue weighted by molar-refractivity contribution is 0.408. The molecule has 2 aromatic carbocycles.